The average molecular weight is 222 g/mol. The van der Waals surface area contributed by atoms with Crippen molar-refractivity contribution >= 4 is 5.97 Å². The molecular formula is C11H14N2O3. The van der Waals surface area contributed by atoms with Crippen LogP contribution in [0.25, 0.3) is 0 Å². The van der Waals surface area contributed by atoms with E-state index in [4.69, 9.17) is 9.47 Å². The lowest BCUT2D eigenvalue weighted by atomic mass is 9.96. The molecule has 0 bridgehead atoms. The highest BCUT2D eigenvalue weighted by Crippen LogP contribution is 2.27. The van der Waals surface area contributed by atoms with Crippen LogP contribution in [-0.4, -0.2) is 29.2 Å². The third-order valence-corrected chi connectivity index (χ3v) is 2.72. The topological polar surface area (TPSA) is 61.3 Å². The van der Waals surface area contributed by atoms with E-state index in [1.54, 1.807) is 6.92 Å². The fourth-order valence-corrected chi connectivity index (χ4v) is 1.52. The van der Waals surface area contributed by atoms with E-state index in [0.29, 0.717) is 17.1 Å². The van der Waals surface area contributed by atoms with Crippen molar-refractivity contribution in [1.29, 1.82) is 0 Å². The van der Waals surface area contributed by atoms with Crippen molar-refractivity contribution in [1.82, 2.24) is 9.97 Å². The van der Waals surface area contributed by atoms with Gasteiger partial charge in [0, 0.05) is 0 Å². The molecule has 0 atom stereocenters. The van der Waals surface area contributed by atoms with Gasteiger partial charge in [-0.1, -0.05) is 0 Å². The van der Waals surface area contributed by atoms with Gasteiger partial charge in [0.1, 0.15) is 18.0 Å². The van der Waals surface area contributed by atoms with E-state index >= 15 is 0 Å². The minimum atomic E-state index is -0.451. The van der Waals surface area contributed by atoms with Crippen molar-refractivity contribution in [2.45, 2.75) is 32.3 Å². The second kappa shape index (κ2) is 4.47. The summed E-state index contributed by atoms with van der Waals surface area (Å²) in [5.74, 6) is -0.114. The van der Waals surface area contributed by atoms with Crippen LogP contribution in [0.15, 0.2) is 6.33 Å². The third kappa shape index (κ3) is 1.98. The number of aryl methyl sites for hydroxylation is 1. The van der Waals surface area contributed by atoms with Crippen LogP contribution in [0.5, 0.6) is 5.88 Å². The predicted octanol–water partition coefficient (Wildman–Crippen LogP) is 1.50. The maximum atomic E-state index is 11.6. The van der Waals surface area contributed by atoms with Gasteiger partial charge >= 0.3 is 5.97 Å². The Kier molecular flexibility index (Phi) is 3.03. The molecular weight excluding hydrogens is 208 g/mol. The summed E-state index contributed by atoms with van der Waals surface area (Å²) in [5, 5.41) is 0. The first-order chi connectivity index (χ1) is 7.72. The van der Waals surface area contributed by atoms with E-state index in [1.165, 1.54) is 19.9 Å². The van der Waals surface area contributed by atoms with Crippen LogP contribution < -0.4 is 4.74 Å². The number of rotatable bonds is 3. The molecule has 5 heteroatoms. The maximum absolute atomic E-state index is 11.6. The highest BCUT2D eigenvalue weighted by molar-refractivity contribution is 5.92. The second-order valence-corrected chi connectivity index (χ2v) is 3.80. The minimum absolute atomic E-state index is 0.178. The highest BCUT2D eigenvalue weighted by Gasteiger charge is 2.24. The Labute approximate surface area is 93.8 Å². The van der Waals surface area contributed by atoms with Crippen molar-refractivity contribution in [2.75, 3.05) is 7.11 Å². The first kappa shape index (κ1) is 10.9. The number of nitrogens with zero attached hydrogens (tertiary/aromatic N) is 2. The zero-order valence-corrected chi connectivity index (χ0v) is 9.40. The average Bonchev–Trinajstić information content (AvgIpc) is 2.22. The van der Waals surface area contributed by atoms with Crippen molar-refractivity contribution in [2.24, 2.45) is 0 Å². The molecule has 5 nitrogen and oxygen atoms in total. The molecule has 1 aromatic rings. The van der Waals surface area contributed by atoms with Crippen LogP contribution >= 0.6 is 0 Å². The van der Waals surface area contributed by atoms with E-state index in [2.05, 4.69) is 9.97 Å². The van der Waals surface area contributed by atoms with Gasteiger partial charge in [-0.15, -0.1) is 0 Å². The molecule has 0 N–H and O–H groups in total. The molecule has 1 aliphatic carbocycles. The van der Waals surface area contributed by atoms with Crippen LogP contribution in [0.1, 0.15) is 35.3 Å². The Morgan fingerprint density at radius 2 is 2.19 bits per heavy atom. The third-order valence-electron chi connectivity index (χ3n) is 2.72. The van der Waals surface area contributed by atoms with Crippen molar-refractivity contribution in [3.8, 4) is 5.88 Å². The molecule has 16 heavy (non-hydrogen) atoms. The summed E-state index contributed by atoms with van der Waals surface area (Å²) >= 11 is 0. The molecule has 2 rings (SSSR count). The SMILES string of the molecule is COC(=O)c1c(C)ncnc1OC1CCC1. The number of hydrogen-bond acceptors (Lipinski definition) is 5. The molecule has 1 fully saturated rings. The summed E-state index contributed by atoms with van der Waals surface area (Å²) < 4.78 is 10.3. The standard InChI is InChI=1S/C11H14N2O3/c1-7-9(11(14)15-2)10(13-6-12-7)16-8-4-3-5-8/h6,8H,3-5H2,1-2H3. The van der Waals surface area contributed by atoms with Crippen LogP contribution in [0, 0.1) is 6.92 Å². The molecule has 0 unspecified atom stereocenters. The zero-order chi connectivity index (χ0) is 11.5. The number of esters is 1. The van der Waals surface area contributed by atoms with Gasteiger partial charge in [0.25, 0.3) is 0 Å². The van der Waals surface area contributed by atoms with Gasteiger partial charge < -0.3 is 9.47 Å². The Morgan fingerprint density at radius 1 is 1.44 bits per heavy atom. The number of hydrogen-bond donors (Lipinski definition) is 0. The van der Waals surface area contributed by atoms with Gasteiger partial charge in [-0.25, -0.2) is 14.8 Å². The van der Waals surface area contributed by atoms with Crippen molar-refractivity contribution < 1.29 is 14.3 Å². The second-order valence-electron chi connectivity index (χ2n) is 3.80. The maximum Gasteiger partial charge on any atom is 0.345 e. The minimum Gasteiger partial charge on any atom is -0.474 e. The molecule has 0 radical (unpaired) electrons. The number of methoxy groups -OCH3 is 1. The zero-order valence-electron chi connectivity index (χ0n) is 9.40. The predicted molar refractivity (Wildman–Crippen MR) is 56.4 cm³/mol. The molecule has 0 saturated heterocycles. The molecule has 1 aromatic heterocycles. The Bertz CT molecular complexity index is 402. The molecule has 1 aliphatic rings. The van der Waals surface area contributed by atoms with E-state index < -0.39 is 5.97 Å². The van der Waals surface area contributed by atoms with Crippen LogP contribution in [0.3, 0.4) is 0 Å². The number of aromatic nitrogens is 2. The molecule has 0 aliphatic heterocycles. The van der Waals surface area contributed by atoms with E-state index in [0.717, 1.165) is 12.8 Å². The number of ether oxygens (including phenoxy) is 2. The van der Waals surface area contributed by atoms with E-state index in [-0.39, 0.29) is 6.10 Å². The van der Waals surface area contributed by atoms with E-state index in [1.807, 2.05) is 0 Å². The first-order valence-electron chi connectivity index (χ1n) is 5.29. The summed E-state index contributed by atoms with van der Waals surface area (Å²) in [7, 11) is 1.34. The van der Waals surface area contributed by atoms with Crippen LogP contribution in [-0.2, 0) is 4.74 Å². The molecule has 1 heterocycles. The van der Waals surface area contributed by atoms with Gasteiger partial charge in [0.2, 0.25) is 5.88 Å². The molecule has 0 amide bonds. The van der Waals surface area contributed by atoms with Gasteiger partial charge in [-0.3, -0.25) is 0 Å². The Hall–Kier alpha value is -1.65. The Balaban J connectivity index is 2.27. The summed E-state index contributed by atoms with van der Waals surface area (Å²) in [4.78, 5) is 19.5. The normalized spacial score (nSPS) is 15.4. The van der Waals surface area contributed by atoms with Gasteiger partial charge in [0.15, 0.2) is 0 Å². The Morgan fingerprint density at radius 3 is 2.75 bits per heavy atom. The van der Waals surface area contributed by atoms with Gasteiger partial charge in [-0.05, 0) is 26.2 Å². The van der Waals surface area contributed by atoms with Gasteiger partial charge in [-0.2, -0.15) is 0 Å². The van der Waals surface area contributed by atoms with E-state index in [9.17, 15) is 4.79 Å². The van der Waals surface area contributed by atoms with Gasteiger partial charge in [0.05, 0.1) is 12.8 Å². The fourth-order valence-electron chi connectivity index (χ4n) is 1.52. The summed E-state index contributed by atoms with van der Waals surface area (Å²) in [6.07, 6.45) is 4.78. The monoisotopic (exact) mass is 222 g/mol. The molecule has 0 spiro atoms. The summed E-state index contributed by atoms with van der Waals surface area (Å²) in [6.45, 7) is 1.74. The van der Waals surface area contributed by atoms with Crippen LogP contribution in [0.2, 0.25) is 0 Å². The quantitative estimate of drug-likeness (QED) is 0.725. The highest BCUT2D eigenvalue weighted by atomic mass is 16.5. The molecule has 0 aromatic carbocycles. The number of carbonyl (C=O) groups is 1. The van der Waals surface area contributed by atoms with Crippen molar-refractivity contribution in [3.63, 3.8) is 0 Å². The lowest BCUT2D eigenvalue weighted by Crippen LogP contribution is -2.26. The molecule has 86 valence electrons. The summed E-state index contributed by atoms with van der Waals surface area (Å²) in [5.41, 5.74) is 0.910. The lowest BCUT2D eigenvalue weighted by Gasteiger charge is -2.26. The largest absolute Gasteiger partial charge is 0.474 e. The first-order valence-corrected chi connectivity index (χ1v) is 5.29. The number of carbonyl (C=O) groups excluding carboxylic acids is 1. The molecule has 1 saturated carbocycles. The van der Waals surface area contributed by atoms with Crippen molar-refractivity contribution in [3.05, 3.63) is 17.6 Å². The lowest BCUT2D eigenvalue weighted by molar-refractivity contribution is 0.0579. The smallest absolute Gasteiger partial charge is 0.345 e. The van der Waals surface area contributed by atoms with Crippen LogP contribution in [0.4, 0.5) is 0 Å². The fraction of sp³-hybridized carbons (Fsp3) is 0.545. The summed E-state index contributed by atoms with van der Waals surface area (Å²) in [6, 6.07) is 0.